The molecule has 2 rings (SSSR count). The smallest absolute Gasteiger partial charge is 0.319 e. The van der Waals surface area contributed by atoms with Crippen molar-refractivity contribution in [3.63, 3.8) is 0 Å². The molecule has 1 aromatic rings. The molecule has 76 valence electrons. The predicted octanol–water partition coefficient (Wildman–Crippen LogP) is -0.292. The number of ether oxygens (including phenoxy) is 1. The van der Waals surface area contributed by atoms with Crippen molar-refractivity contribution in [1.82, 2.24) is 14.9 Å². The fourth-order valence-corrected chi connectivity index (χ4v) is 2.11. The lowest BCUT2D eigenvalue weighted by Gasteiger charge is -2.03. The van der Waals surface area contributed by atoms with Crippen LogP contribution in [0.1, 0.15) is 12.2 Å². The van der Waals surface area contributed by atoms with E-state index in [-0.39, 0.29) is 11.2 Å². The van der Waals surface area contributed by atoms with Crippen LogP contribution in [0.25, 0.3) is 0 Å². The van der Waals surface area contributed by atoms with Crippen LogP contribution in [0, 0.1) is 6.92 Å². The Kier molecular flexibility index (Phi) is 2.32. The first-order valence-corrected chi connectivity index (χ1v) is 5.07. The third-order valence-electron chi connectivity index (χ3n) is 1.97. The molecule has 14 heavy (non-hydrogen) atoms. The monoisotopic (exact) mass is 214 g/mol. The van der Waals surface area contributed by atoms with Crippen molar-refractivity contribution in [2.45, 2.75) is 23.8 Å². The van der Waals surface area contributed by atoms with Gasteiger partial charge in [-0.1, -0.05) is 11.8 Å². The summed E-state index contributed by atoms with van der Waals surface area (Å²) >= 11 is 1.30. The number of hydrogen-bond donors (Lipinski definition) is 1. The van der Waals surface area contributed by atoms with Gasteiger partial charge in [0.05, 0.1) is 6.61 Å². The van der Waals surface area contributed by atoms with Gasteiger partial charge in [0.1, 0.15) is 11.1 Å². The number of nitrogens with two attached hydrogens (primary N) is 1. The molecule has 0 radical (unpaired) electrons. The molecule has 0 aliphatic carbocycles. The Morgan fingerprint density at radius 1 is 1.64 bits per heavy atom. The third-order valence-corrected chi connectivity index (χ3v) is 3.17. The first-order chi connectivity index (χ1) is 6.68. The standard InChI is InChI=1S/C7H10N4O2S/c1-4-9-10-7(11(4)8)14-5-2-3-13-6(5)12/h5H,2-3,8H2,1H3/t5-/m1/s1. The van der Waals surface area contributed by atoms with Crippen LogP contribution >= 0.6 is 11.8 Å². The number of aryl methyl sites for hydroxylation is 1. The van der Waals surface area contributed by atoms with Gasteiger partial charge < -0.3 is 10.6 Å². The molecule has 1 aliphatic rings. The second kappa shape index (κ2) is 3.49. The number of carbonyl (C=O) groups excluding carboxylic acids is 1. The fraction of sp³-hybridized carbons (Fsp3) is 0.571. The van der Waals surface area contributed by atoms with E-state index in [4.69, 9.17) is 10.6 Å². The van der Waals surface area contributed by atoms with Crippen molar-refractivity contribution < 1.29 is 9.53 Å². The van der Waals surface area contributed by atoms with Gasteiger partial charge in [-0.25, -0.2) is 4.68 Å². The second-order valence-corrected chi connectivity index (χ2v) is 4.13. The Bertz CT molecular complexity index is 365. The van der Waals surface area contributed by atoms with E-state index in [2.05, 4.69) is 10.2 Å². The Balaban J connectivity index is 2.10. The molecule has 1 aliphatic heterocycles. The number of carbonyl (C=O) groups is 1. The number of rotatable bonds is 2. The Morgan fingerprint density at radius 2 is 2.43 bits per heavy atom. The van der Waals surface area contributed by atoms with Crippen LogP contribution in [-0.4, -0.2) is 32.7 Å². The van der Waals surface area contributed by atoms with Crippen LogP contribution in [0.5, 0.6) is 0 Å². The zero-order valence-corrected chi connectivity index (χ0v) is 8.45. The van der Waals surface area contributed by atoms with E-state index in [1.54, 1.807) is 6.92 Å². The molecule has 0 unspecified atom stereocenters. The number of hydrogen-bond acceptors (Lipinski definition) is 6. The van der Waals surface area contributed by atoms with Crippen molar-refractivity contribution in [2.75, 3.05) is 12.4 Å². The number of nitrogen functional groups attached to an aromatic ring is 1. The summed E-state index contributed by atoms with van der Waals surface area (Å²) in [6, 6.07) is 0. The van der Waals surface area contributed by atoms with Gasteiger partial charge in [0.2, 0.25) is 5.16 Å². The minimum absolute atomic E-state index is 0.194. The molecule has 0 bridgehead atoms. The average molecular weight is 214 g/mol. The van der Waals surface area contributed by atoms with Gasteiger partial charge in [0, 0.05) is 6.42 Å². The van der Waals surface area contributed by atoms with Crippen molar-refractivity contribution in [2.24, 2.45) is 0 Å². The van der Waals surface area contributed by atoms with Crippen molar-refractivity contribution in [3.8, 4) is 0 Å². The SMILES string of the molecule is Cc1nnc(S[C@@H]2CCOC2=O)n1N. The summed E-state index contributed by atoms with van der Waals surface area (Å²) < 4.78 is 6.20. The Labute approximate surface area is 84.8 Å². The average Bonchev–Trinajstić information content (AvgIpc) is 2.68. The van der Waals surface area contributed by atoms with Crippen LogP contribution in [0.4, 0.5) is 0 Å². The summed E-state index contributed by atoms with van der Waals surface area (Å²) in [6.07, 6.45) is 0.704. The van der Waals surface area contributed by atoms with Crippen LogP contribution in [-0.2, 0) is 9.53 Å². The Morgan fingerprint density at radius 3 is 2.93 bits per heavy atom. The molecular weight excluding hydrogens is 204 g/mol. The first-order valence-electron chi connectivity index (χ1n) is 4.19. The summed E-state index contributed by atoms with van der Waals surface area (Å²) in [7, 11) is 0. The van der Waals surface area contributed by atoms with Gasteiger partial charge in [-0.15, -0.1) is 10.2 Å². The van der Waals surface area contributed by atoms with Gasteiger partial charge in [0.15, 0.2) is 0 Å². The number of thioether (sulfide) groups is 1. The van der Waals surface area contributed by atoms with Crippen LogP contribution in [0.2, 0.25) is 0 Å². The molecule has 1 saturated heterocycles. The van der Waals surface area contributed by atoms with Gasteiger partial charge >= 0.3 is 5.97 Å². The van der Waals surface area contributed by atoms with Crippen molar-refractivity contribution in [3.05, 3.63) is 5.82 Å². The molecule has 0 spiro atoms. The van der Waals surface area contributed by atoms with Crippen molar-refractivity contribution in [1.29, 1.82) is 0 Å². The molecule has 7 heteroatoms. The zero-order valence-electron chi connectivity index (χ0n) is 7.64. The van der Waals surface area contributed by atoms with E-state index in [0.29, 0.717) is 24.0 Å². The molecular formula is C7H10N4O2S. The van der Waals surface area contributed by atoms with Gasteiger partial charge in [-0.05, 0) is 6.92 Å². The minimum Gasteiger partial charge on any atom is -0.465 e. The molecule has 2 heterocycles. The highest BCUT2D eigenvalue weighted by atomic mass is 32.2. The van der Waals surface area contributed by atoms with E-state index in [0.717, 1.165) is 0 Å². The van der Waals surface area contributed by atoms with E-state index < -0.39 is 0 Å². The van der Waals surface area contributed by atoms with Crippen LogP contribution in [0.3, 0.4) is 0 Å². The first kappa shape index (κ1) is 9.32. The maximum atomic E-state index is 11.2. The zero-order chi connectivity index (χ0) is 10.1. The van der Waals surface area contributed by atoms with E-state index in [9.17, 15) is 4.79 Å². The van der Waals surface area contributed by atoms with Crippen molar-refractivity contribution >= 4 is 17.7 Å². The minimum atomic E-state index is -0.198. The number of cyclic esters (lactones) is 1. The number of aromatic nitrogens is 3. The lowest BCUT2D eigenvalue weighted by Crippen LogP contribution is -2.15. The molecule has 0 saturated carbocycles. The molecule has 1 atom stereocenters. The maximum Gasteiger partial charge on any atom is 0.319 e. The van der Waals surface area contributed by atoms with Crippen LogP contribution < -0.4 is 5.84 Å². The highest BCUT2D eigenvalue weighted by molar-refractivity contribution is 8.00. The molecule has 0 aromatic carbocycles. The lowest BCUT2D eigenvalue weighted by atomic mass is 10.4. The largest absolute Gasteiger partial charge is 0.465 e. The van der Waals surface area contributed by atoms with E-state index in [1.165, 1.54) is 16.4 Å². The summed E-state index contributed by atoms with van der Waals surface area (Å²) in [5, 5.41) is 8.01. The summed E-state index contributed by atoms with van der Waals surface area (Å²) in [5.41, 5.74) is 0. The third kappa shape index (κ3) is 1.54. The molecule has 1 fully saturated rings. The van der Waals surface area contributed by atoms with Gasteiger partial charge in [0.25, 0.3) is 0 Å². The van der Waals surface area contributed by atoms with Crippen LogP contribution in [0.15, 0.2) is 5.16 Å². The lowest BCUT2D eigenvalue weighted by molar-refractivity contribution is -0.137. The Hall–Kier alpha value is -1.24. The van der Waals surface area contributed by atoms with E-state index in [1.807, 2.05) is 0 Å². The fourth-order valence-electron chi connectivity index (χ4n) is 1.14. The highest BCUT2D eigenvalue weighted by Crippen LogP contribution is 2.27. The van der Waals surface area contributed by atoms with Gasteiger partial charge in [-0.3, -0.25) is 4.79 Å². The molecule has 2 N–H and O–H groups in total. The molecule has 0 amide bonds. The topological polar surface area (TPSA) is 83.0 Å². The second-order valence-electron chi connectivity index (χ2n) is 2.96. The number of esters is 1. The van der Waals surface area contributed by atoms with E-state index >= 15 is 0 Å². The quantitative estimate of drug-likeness (QED) is 0.538. The highest BCUT2D eigenvalue weighted by Gasteiger charge is 2.29. The van der Waals surface area contributed by atoms with Gasteiger partial charge in [-0.2, -0.15) is 0 Å². The molecule has 1 aromatic heterocycles. The summed E-state index contributed by atoms with van der Waals surface area (Å²) in [4.78, 5) is 11.2. The predicted molar refractivity (Wildman–Crippen MR) is 50.1 cm³/mol. The summed E-state index contributed by atoms with van der Waals surface area (Å²) in [6.45, 7) is 2.23. The summed E-state index contributed by atoms with van der Waals surface area (Å²) in [5.74, 6) is 6.07. The number of nitrogens with zero attached hydrogens (tertiary/aromatic N) is 3. The molecule has 6 nitrogen and oxygen atoms in total. The maximum absolute atomic E-state index is 11.2. The normalized spacial score (nSPS) is 21.2.